The van der Waals surface area contributed by atoms with Crippen LogP contribution in [0.1, 0.15) is 20.7 Å². The zero-order valence-electron chi connectivity index (χ0n) is 10.3. The predicted molar refractivity (Wildman–Crippen MR) is 63.5 cm³/mol. The van der Waals surface area contributed by atoms with E-state index in [1.807, 2.05) is 0 Å². The topological polar surface area (TPSA) is 134 Å². The summed E-state index contributed by atoms with van der Waals surface area (Å²) < 4.78 is 8.90. The summed E-state index contributed by atoms with van der Waals surface area (Å²) in [5.41, 5.74) is -0.101. The van der Waals surface area contributed by atoms with Gasteiger partial charge in [-0.1, -0.05) is 6.07 Å². The number of rotatable bonds is 6. The molecule has 0 saturated carbocycles. The summed E-state index contributed by atoms with van der Waals surface area (Å²) in [7, 11) is 0. The minimum absolute atomic E-state index is 0.0505. The first kappa shape index (κ1) is 16.1. The first-order valence-corrected chi connectivity index (χ1v) is 5.57. The number of benzene rings is 1. The molecule has 0 spiro atoms. The molecule has 0 saturated heterocycles. The van der Waals surface area contributed by atoms with Gasteiger partial charge in [-0.05, 0) is 18.2 Å². The summed E-state index contributed by atoms with van der Waals surface area (Å²) in [5, 5.41) is 35.0. The van der Waals surface area contributed by atoms with Gasteiger partial charge in [-0.15, -0.1) is 0 Å². The largest absolute Gasteiger partial charge is 0.430 e. The number of carbonyl (C=O) groups is 2. The van der Waals surface area contributed by atoms with Gasteiger partial charge in [-0.2, -0.15) is 0 Å². The van der Waals surface area contributed by atoms with Crippen molar-refractivity contribution < 1.29 is 39.5 Å². The van der Waals surface area contributed by atoms with Crippen LogP contribution >= 0.6 is 0 Å². The maximum Gasteiger partial charge on any atom is 0.340 e. The highest BCUT2D eigenvalue weighted by molar-refractivity contribution is 5.95. The molecule has 2 unspecified atom stereocenters. The Kier molecular flexibility index (Phi) is 6.07. The van der Waals surface area contributed by atoms with Crippen LogP contribution in [0.15, 0.2) is 24.3 Å². The summed E-state index contributed by atoms with van der Waals surface area (Å²) in [6, 6.07) is 5.14. The van der Waals surface area contributed by atoms with Crippen molar-refractivity contribution in [1.29, 1.82) is 0 Å². The van der Waals surface area contributed by atoms with Crippen LogP contribution in [-0.4, -0.2) is 58.2 Å². The van der Waals surface area contributed by atoms with E-state index in [1.54, 1.807) is 0 Å². The molecule has 20 heavy (non-hydrogen) atoms. The van der Waals surface area contributed by atoms with E-state index in [1.165, 1.54) is 18.2 Å². The van der Waals surface area contributed by atoms with Gasteiger partial charge in [0.2, 0.25) is 12.6 Å². The number of esters is 2. The lowest BCUT2D eigenvalue weighted by molar-refractivity contribution is -0.0904. The van der Waals surface area contributed by atoms with Gasteiger partial charge >= 0.3 is 11.9 Å². The van der Waals surface area contributed by atoms with Crippen LogP contribution in [0.4, 0.5) is 0 Å². The Bertz CT molecular complexity index is 433. The van der Waals surface area contributed by atoms with Crippen molar-refractivity contribution in [2.45, 2.75) is 12.6 Å². The summed E-state index contributed by atoms with van der Waals surface area (Å²) in [6.07, 6.45) is -3.32. The smallest absolute Gasteiger partial charge is 0.340 e. The third-order valence-electron chi connectivity index (χ3n) is 2.13. The monoisotopic (exact) mass is 286 g/mol. The summed E-state index contributed by atoms with van der Waals surface area (Å²) >= 11 is 0. The van der Waals surface area contributed by atoms with Gasteiger partial charge in [0, 0.05) is 0 Å². The van der Waals surface area contributed by atoms with E-state index < -0.39 is 37.7 Å². The molecule has 1 rings (SSSR count). The molecular formula is C12H14O8. The Morgan fingerprint density at radius 3 is 1.70 bits per heavy atom. The van der Waals surface area contributed by atoms with Gasteiger partial charge in [0.25, 0.3) is 0 Å². The second-order valence-corrected chi connectivity index (χ2v) is 3.67. The van der Waals surface area contributed by atoms with E-state index >= 15 is 0 Å². The van der Waals surface area contributed by atoms with E-state index in [9.17, 15) is 9.59 Å². The Morgan fingerprint density at radius 2 is 1.35 bits per heavy atom. The van der Waals surface area contributed by atoms with E-state index in [0.29, 0.717) is 0 Å². The van der Waals surface area contributed by atoms with Crippen molar-refractivity contribution in [2.75, 3.05) is 13.2 Å². The van der Waals surface area contributed by atoms with Crippen molar-refractivity contribution in [1.82, 2.24) is 0 Å². The van der Waals surface area contributed by atoms with Crippen LogP contribution in [0.2, 0.25) is 0 Å². The van der Waals surface area contributed by atoms with E-state index in [-0.39, 0.29) is 11.1 Å². The van der Waals surface area contributed by atoms with Crippen LogP contribution in [-0.2, 0) is 9.47 Å². The molecule has 8 nitrogen and oxygen atoms in total. The fourth-order valence-corrected chi connectivity index (χ4v) is 1.23. The molecule has 2 atom stereocenters. The number of aliphatic hydroxyl groups excluding tert-OH is 4. The molecule has 0 aliphatic heterocycles. The van der Waals surface area contributed by atoms with Crippen molar-refractivity contribution in [3.8, 4) is 0 Å². The van der Waals surface area contributed by atoms with Crippen molar-refractivity contribution in [3.63, 3.8) is 0 Å². The zero-order valence-corrected chi connectivity index (χ0v) is 10.3. The molecule has 0 heterocycles. The van der Waals surface area contributed by atoms with Gasteiger partial charge in [-0.25, -0.2) is 9.59 Å². The normalized spacial score (nSPS) is 13.4. The average molecular weight is 286 g/mol. The van der Waals surface area contributed by atoms with E-state index in [4.69, 9.17) is 20.4 Å². The number of hydrogen-bond donors (Lipinski definition) is 4. The molecule has 0 amide bonds. The van der Waals surface area contributed by atoms with Crippen LogP contribution in [0.5, 0.6) is 0 Å². The summed E-state index contributed by atoms with van der Waals surface area (Å²) in [4.78, 5) is 23.1. The second-order valence-electron chi connectivity index (χ2n) is 3.67. The third-order valence-corrected chi connectivity index (χ3v) is 2.13. The molecule has 0 aromatic heterocycles. The molecule has 8 heteroatoms. The fraction of sp³-hybridized carbons (Fsp3) is 0.333. The molecular weight excluding hydrogens is 272 g/mol. The number of carbonyl (C=O) groups excluding carboxylic acids is 2. The van der Waals surface area contributed by atoms with Gasteiger partial charge in [0.1, 0.15) is 13.2 Å². The lowest BCUT2D eigenvalue weighted by atomic mass is 10.1. The molecule has 0 radical (unpaired) electrons. The van der Waals surface area contributed by atoms with Crippen LogP contribution < -0.4 is 0 Å². The minimum atomic E-state index is -1.66. The molecule has 0 aliphatic carbocycles. The van der Waals surface area contributed by atoms with Crippen LogP contribution in [0.25, 0.3) is 0 Å². The van der Waals surface area contributed by atoms with Crippen LogP contribution in [0.3, 0.4) is 0 Å². The Labute approximate surface area is 113 Å². The Balaban J connectivity index is 2.80. The molecule has 0 aliphatic rings. The minimum Gasteiger partial charge on any atom is -0.430 e. The zero-order chi connectivity index (χ0) is 15.1. The van der Waals surface area contributed by atoms with Crippen molar-refractivity contribution in [3.05, 3.63) is 35.4 Å². The van der Waals surface area contributed by atoms with Crippen molar-refractivity contribution >= 4 is 11.9 Å². The quantitative estimate of drug-likeness (QED) is 0.371. The number of hydrogen-bond acceptors (Lipinski definition) is 8. The molecule has 0 bridgehead atoms. The Morgan fingerprint density at radius 1 is 0.950 bits per heavy atom. The number of ether oxygens (including phenoxy) is 2. The summed E-state index contributed by atoms with van der Waals surface area (Å²) in [5.74, 6) is -1.88. The lowest BCUT2D eigenvalue weighted by Crippen LogP contribution is -2.22. The maximum atomic E-state index is 11.5. The summed E-state index contributed by atoms with van der Waals surface area (Å²) in [6.45, 7) is -1.51. The highest BCUT2D eigenvalue weighted by Gasteiger charge is 2.17. The fourth-order valence-electron chi connectivity index (χ4n) is 1.23. The van der Waals surface area contributed by atoms with Gasteiger partial charge in [-0.3, -0.25) is 0 Å². The van der Waals surface area contributed by atoms with Gasteiger partial charge in [0.05, 0.1) is 11.1 Å². The lowest BCUT2D eigenvalue weighted by Gasteiger charge is -2.11. The standard InChI is InChI=1S/C12H14O8/c13-5-9(15)19-11(17)7-2-1-3-8(4-7)12(18)20-10(16)6-14/h1-4,9-10,13-16H,5-6H2. The highest BCUT2D eigenvalue weighted by atomic mass is 16.6. The maximum absolute atomic E-state index is 11.5. The molecule has 110 valence electrons. The average Bonchev–Trinajstić information content (AvgIpc) is 2.46. The van der Waals surface area contributed by atoms with Gasteiger partial charge in [0.15, 0.2) is 0 Å². The van der Waals surface area contributed by atoms with Crippen LogP contribution in [0, 0.1) is 0 Å². The Hall–Kier alpha value is -2.00. The van der Waals surface area contributed by atoms with E-state index in [0.717, 1.165) is 6.07 Å². The SMILES string of the molecule is O=C(OC(O)CO)c1cccc(C(=O)OC(O)CO)c1. The number of aliphatic hydroxyl groups is 4. The third kappa shape index (κ3) is 4.59. The first-order valence-electron chi connectivity index (χ1n) is 5.57. The molecule has 1 aromatic carbocycles. The molecule has 4 N–H and O–H groups in total. The predicted octanol–water partition coefficient (Wildman–Crippen LogP) is -1.38. The first-order chi connectivity index (χ1) is 9.47. The second kappa shape index (κ2) is 7.56. The van der Waals surface area contributed by atoms with Gasteiger partial charge < -0.3 is 29.9 Å². The molecule has 0 fully saturated rings. The van der Waals surface area contributed by atoms with Crippen molar-refractivity contribution in [2.24, 2.45) is 0 Å². The highest BCUT2D eigenvalue weighted by Crippen LogP contribution is 2.10. The molecule has 1 aromatic rings. The van der Waals surface area contributed by atoms with E-state index in [2.05, 4.69) is 9.47 Å².